The molecule has 0 aliphatic carbocycles. The van der Waals surface area contributed by atoms with E-state index in [1.807, 2.05) is 6.92 Å². The Morgan fingerprint density at radius 1 is 1.50 bits per heavy atom. The van der Waals surface area contributed by atoms with Gasteiger partial charge in [0.2, 0.25) is 0 Å². The Hall–Kier alpha value is -0.810. The SMILES string of the molecule is Cc1c(N)cnc(NCCCOCC(C)C)c1Br. The molecule has 102 valence electrons. The molecule has 0 spiro atoms. The summed E-state index contributed by atoms with van der Waals surface area (Å²) >= 11 is 3.50. The van der Waals surface area contributed by atoms with Crippen LogP contribution in [0, 0.1) is 12.8 Å². The van der Waals surface area contributed by atoms with Gasteiger partial charge in [-0.05, 0) is 40.8 Å². The summed E-state index contributed by atoms with van der Waals surface area (Å²) < 4.78 is 6.45. The fourth-order valence-electron chi connectivity index (χ4n) is 1.42. The second-order valence-corrected chi connectivity index (χ2v) is 5.54. The third-order valence-electron chi connectivity index (χ3n) is 2.51. The van der Waals surface area contributed by atoms with Crippen LogP contribution in [0.5, 0.6) is 0 Å². The molecule has 0 radical (unpaired) electrons. The van der Waals surface area contributed by atoms with Crippen LogP contribution in [0.25, 0.3) is 0 Å². The lowest BCUT2D eigenvalue weighted by Crippen LogP contribution is -2.10. The molecule has 0 aromatic carbocycles. The summed E-state index contributed by atoms with van der Waals surface area (Å²) in [6.07, 6.45) is 2.64. The molecule has 0 aliphatic heterocycles. The maximum atomic E-state index is 5.77. The Labute approximate surface area is 117 Å². The summed E-state index contributed by atoms with van der Waals surface area (Å²) in [6.45, 7) is 8.71. The second-order valence-electron chi connectivity index (χ2n) is 4.75. The number of pyridine rings is 1. The summed E-state index contributed by atoms with van der Waals surface area (Å²) in [5.41, 5.74) is 7.49. The lowest BCUT2D eigenvalue weighted by molar-refractivity contribution is 0.110. The van der Waals surface area contributed by atoms with Gasteiger partial charge < -0.3 is 15.8 Å². The minimum Gasteiger partial charge on any atom is -0.397 e. The fraction of sp³-hybridized carbons (Fsp3) is 0.615. The molecule has 0 saturated carbocycles. The van der Waals surface area contributed by atoms with Gasteiger partial charge in [0.25, 0.3) is 0 Å². The number of nitrogen functional groups attached to an aromatic ring is 1. The highest BCUT2D eigenvalue weighted by Gasteiger charge is 2.06. The summed E-state index contributed by atoms with van der Waals surface area (Å²) in [5.74, 6) is 1.43. The maximum absolute atomic E-state index is 5.77. The monoisotopic (exact) mass is 315 g/mol. The van der Waals surface area contributed by atoms with Crippen LogP contribution >= 0.6 is 15.9 Å². The fourth-order valence-corrected chi connectivity index (χ4v) is 1.89. The van der Waals surface area contributed by atoms with Crippen LogP contribution in [0.15, 0.2) is 10.7 Å². The van der Waals surface area contributed by atoms with Crippen LogP contribution in [-0.4, -0.2) is 24.7 Å². The molecule has 0 atom stereocenters. The van der Waals surface area contributed by atoms with E-state index >= 15 is 0 Å². The predicted molar refractivity (Wildman–Crippen MR) is 79.9 cm³/mol. The average molecular weight is 316 g/mol. The van der Waals surface area contributed by atoms with Gasteiger partial charge in [-0.15, -0.1) is 0 Å². The topological polar surface area (TPSA) is 60.2 Å². The van der Waals surface area contributed by atoms with Crippen molar-refractivity contribution in [1.29, 1.82) is 0 Å². The van der Waals surface area contributed by atoms with Crippen molar-refractivity contribution in [2.24, 2.45) is 5.92 Å². The zero-order valence-electron chi connectivity index (χ0n) is 11.3. The Bertz CT molecular complexity index is 383. The summed E-state index contributed by atoms with van der Waals surface area (Å²) in [5, 5.41) is 3.28. The molecular formula is C13H22BrN3O. The Morgan fingerprint density at radius 2 is 2.22 bits per heavy atom. The van der Waals surface area contributed by atoms with E-state index in [1.165, 1.54) is 0 Å². The summed E-state index contributed by atoms with van der Waals surface area (Å²) in [7, 11) is 0. The number of halogens is 1. The zero-order chi connectivity index (χ0) is 13.5. The Morgan fingerprint density at radius 3 is 2.89 bits per heavy atom. The number of nitrogens with one attached hydrogen (secondary N) is 1. The van der Waals surface area contributed by atoms with Crippen LogP contribution < -0.4 is 11.1 Å². The van der Waals surface area contributed by atoms with E-state index in [0.717, 1.165) is 42.0 Å². The van der Waals surface area contributed by atoms with Gasteiger partial charge in [0, 0.05) is 19.8 Å². The molecule has 1 aromatic rings. The highest BCUT2D eigenvalue weighted by molar-refractivity contribution is 9.10. The van der Waals surface area contributed by atoms with Crippen molar-refractivity contribution in [3.05, 3.63) is 16.2 Å². The Balaban J connectivity index is 2.30. The number of nitrogens with zero attached hydrogens (tertiary/aromatic N) is 1. The third-order valence-corrected chi connectivity index (χ3v) is 3.48. The van der Waals surface area contributed by atoms with Crippen molar-refractivity contribution >= 4 is 27.4 Å². The standard InChI is InChI=1S/C13H22BrN3O/c1-9(2)8-18-6-4-5-16-13-12(14)10(3)11(15)7-17-13/h7,9H,4-6,8,15H2,1-3H3,(H,16,17). The first kappa shape index (κ1) is 15.2. The number of ether oxygens (including phenoxy) is 1. The van der Waals surface area contributed by atoms with Gasteiger partial charge in [-0.3, -0.25) is 0 Å². The number of hydrogen-bond acceptors (Lipinski definition) is 4. The van der Waals surface area contributed by atoms with Crippen molar-refractivity contribution < 1.29 is 4.74 Å². The molecule has 0 fully saturated rings. The molecule has 1 aromatic heterocycles. The normalized spacial score (nSPS) is 10.9. The van der Waals surface area contributed by atoms with Crippen molar-refractivity contribution in [1.82, 2.24) is 4.98 Å². The van der Waals surface area contributed by atoms with Crippen LogP contribution in [0.3, 0.4) is 0 Å². The molecule has 0 aliphatic rings. The van der Waals surface area contributed by atoms with E-state index in [2.05, 4.69) is 40.1 Å². The zero-order valence-corrected chi connectivity index (χ0v) is 12.9. The van der Waals surface area contributed by atoms with Crippen LogP contribution in [0.1, 0.15) is 25.8 Å². The van der Waals surface area contributed by atoms with Gasteiger partial charge in [-0.2, -0.15) is 0 Å². The summed E-state index contributed by atoms with van der Waals surface area (Å²) in [6, 6.07) is 0. The van der Waals surface area contributed by atoms with Crippen molar-refractivity contribution in [3.8, 4) is 0 Å². The minimum absolute atomic E-state index is 0.591. The summed E-state index contributed by atoms with van der Waals surface area (Å²) in [4.78, 5) is 4.26. The lowest BCUT2D eigenvalue weighted by atomic mass is 10.2. The molecule has 4 nitrogen and oxygen atoms in total. The largest absolute Gasteiger partial charge is 0.397 e. The first-order valence-electron chi connectivity index (χ1n) is 6.24. The second kappa shape index (κ2) is 7.59. The molecule has 3 N–H and O–H groups in total. The number of rotatable bonds is 7. The van der Waals surface area contributed by atoms with Gasteiger partial charge in [0.1, 0.15) is 5.82 Å². The van der Waals surface area contributed by atoms with Gasteiger partial charge >= 0.3 is 0 Å². The van der Waals surface area contributed by atoms with E-state index in [9.17, 15) is 0 Å². The average Bonchev–Trinajstić information content (AvgIpc) is 2.33. The van der Waals surface area contributed by atoms with Crippen LogP contribution in [-0.2, 0) is 4.74 Å². The molecule has 1 rings (SSSR count). The van der Waals surface area contributed by atoms with Gasteiger partial charge in [0.05, 0.1) is 16.4 Å². The van der Waals surface area contributed by atoms with Crippen molar-refractivity contribution in [3.63, 3.8) is 0 Å². The highest BCUT2D eigenvalue weighted by atomic mass is 79.9. The Kier molecular flexibility index (Phi) is 6.43. The quantitative estimate of drug-likeness (QED) is 0.758. The van der Waals surface area contributed by atoms with Gasteiger partial charge in [0.15, 0.2) is 0 Å². The molecule has 0 bridgehead atoms. The lowest BCUT2D eigenvalue weighted by Gasteiger charge is -2.11. The highest BCUT2D eigenvalue weighted by Crippen LogP contribution is 2.27. The van der Waals surface area contributed by atoms with Gasteiger partial charge in [-0.1, -0.05) is 13.8 Å². The van der Waals surface area contributed by atoms with E-state index in [-0.39, 0.29) is 0 Å². The van der Waals surface area contributed by atoms with E-state index in [4.69, 9.17) is 10.5 Å². The number of anilines is 2. The van der Waals surface area contributed by atoms with Crippen molar-refractivity contribution in [2.45, 2.75) is 27.2 Å². The molecule has 1 heterocycles. The first-order valence-corrected chi connectivity index (χ1v) is 7.03. The van der Waals surface area contributed by atoms with Crippen LogP contribution in [0.2, 0.25) is 0 Å². The van der Waals surface area contributed by atoms with Crippen molar-refractivity contribution in [2.75, 3.05) is 30.8 Å². The maximum Gasteiger partial charge on any atom is 0.140 e. The molecule has 0 amide bonds. The molecular weight excluding hydrogens is 294 g/mol. The van der Waals surface area contributed by atoms with E-state index in [0.29, 0.717) is 11.6 Å². The minimum atomic E-state index is 0.591. The third kappa shape index (κ3) is 4.82. The first-order chi connectivity index (χ1) is 8.52. The smallest absolute Gasteiger partial charge is 0.140 e. The molecule has 0 saturated heterocycles. The number of aromatic nitrogens is 1. The number of nitrogens with two attached hydrogens (primary N) is 1. The van der Waals surface area contributed by atoms with E-state index < -0.39 is 0 Å². The van der Waals surface area contributed by atoms with Crippen LogP contribution in [0.4, 0.5) is 11.5 Å². The predicted octanol–water partition coefficient (Wildman–Crippen LogP) is 3.21. The number of hydrogen-bond donors (Lipinski definition) is 2. The molecule has 0 unspecified atom stereocenters. The van der Waals surface area contributed by atoms with Gasteiger partial charge in [-0.25, -0.2) is 4.98 Å². The molecule has 18 heavy (non-hydrogen) atoms. The van der Waals surface area contributed by atoms with E-state index in [1.54, 1.807) is 6.20 Å². The molecule has 5 heteroatoms.